The molecule has 1 fully saturated rings. The van der Waals surface area contributed by atoms with E-state index in [9.17, 15) is 18.8 Å². The molecule has 0 bridgehead atoms. The number of halogens is 1. The molecule has 2 aromatic rings. The Labute approximate surface area is 188 Å². The predicted octanol–water partition coefficient (Wildman–Crippen LogP) is 3.34. The first-order chi connectivity index (χ1) is 14.7. The second-order valence-corrected chi connectivity index (χ2v) is 10.7. The van der Waals surface area contributed by atoms with Crippen LogP contribution in [0.5, 0.6) is 5.75 Å². The molecule has 0 saturated carbocycles. The van der Waals surface area contributed by atoms with E-state index in [1.807, 2.05) is 6.07 Å². The monoisotopic (exact) mass is 462 g/mol. The number of hydrogen-bond acceptors (Lipinski definition) is 6. The number of aliphatic hydroxyl groups is 1. The zero-order valence-electron chi connectivity index (χ0n) is 17.7. The second kappa shape index (κ2) is 10.0. The molecule has 1 saturated heterocycles. The Bertz CT molecular complexity index is 1050. The van der Waals surface area contributed by atoms with Gasteiger partial charge in [0.2, 0.25) is 0 Å². The van der Waals surface area contributed by atoms with Crippen LogP contribution in [0.1, 0.15) is 24.0 Å². The third-order valence-electron chi connectivity index (χ3n) is 5.78. The number of aliphatic hydroxyl groups excluding tert-OH is 1. The molecule has 0 amide bonds. The molecule has 166 valence electrons. The standard InChI is InChI=1S/C23H27ClN2O4S/c1-16-11-26(12-19(14-27)18-7-17(10-25)8-21(24)9-18)13-20(16)15-30-22-3-5-23(6-4-22)31(2,28)29/h3-9,16,19-20,27H,11-15H2,1-2H3. The summed E-state index contributed by atoms with van der Waals surface area (Å²) >= 11 is 6.13. The van der Waals surface area contributed by atoms with E-state index in [1.54, 1.807) is 36.4 Å². The van der Waals surface area contributed by atoms with Gasteiger partial charge in [0, 0.05) is 42.7 Å². The predicted molar refractivity (Wildman–Crippen MR) is 120 cm³/mol. The molecule has 1 N–H and O–H groups in total. The summed E-state index contributed by atoms with van der Waals surface area (Å²) in [5, 5.41) is 19.6. The number of likely N-dealkylation sites (tertiary alicyclic amines) is 1. The van der Waals surface area contributed by atoms with Crippen molar-refractivity contribution in [1.82, 2.24) is 4.90 Å². The van der Waals surface area contributed by atoms with E-state index >= 15 is 0 Å². The van der Waals surface area contributed by atoms with Crippen molar-refractivity contribution < 1.29 is 18.3 Å². The summed E-state index contributed by atoms with van der Waals surface area (Å²) in [7, 11) is -3.22. The quantitative estimate of drug-likeness (QED) is 0.647. The fourth-order valence-corrected chi connectivity index (χ4v) is 4.86. The summed E-state index contributed by atoms with van der Waals surface area (Å²) in [6.07, 6.45) is 1.18. The maximum absolute atomic E-state index is 11.6. The highest BCUT2D eigenvalue weighted by Crippen LogP contribution is 2.28. The molecule has 6 nitrogen and oxygen atoms in total. The fourth-order valence-electron chi connectivity index (χ4n) is 3.99. The van der Waals surface area contributed by atoms with Crippen molar-refractivity contribution in [1.29, 1.82) is 5.26 Å². The van der Waals surface area contributed by atoms with Crippen LogP contribution < -0.4 is 4.74 Å². The maximum Gasteiger partial charge on any atom is 0.175 e. The minimum absolute atomic E-state index is 0.0239. The minimum Gasteiger partial charge on any atom is -0.493 e. The first-order valence-corrected chi connectivity index (χ1v) is 12.4. The summed E-state index contributed by atoms with van der Waals surface area (Å²) < 4.78 is 29.1. The van der Waals surface area contributed by atoms with Gasteiger partial charge in [0.25, 0.3) is 0 Å². The molecule has 1 aliphatic rings. The minimum atomic E-state index is -3.22. The molecule has 0 spiro atoms. The van der Waals surface area contributed by atoms with Crippen LogP contribution in [0.25, 0.3) is 0 Å². The van der Waals surface area contributed by atoms with Crippen LogP contribution in [0.3, 0.4) is 0 Å². The Kier molecular flexibility index (Phi) is 7.60. The van der Waals surface area contributed by atoms with Gasteiger partial charge in [-0.25, -0.2) is 8.42 Å². The molecular weight excluding hydrogens is 436 g/mol. The number of benzene rings is 2. The van der Waals surface area contributed by atoms with Crippen LogP contribution in [0.15, 0.2) is 47.4 Å². The number of nitriles is 1. The summed E-state index contributed by atoms with van der Waals surface area (Å²) in [4.78, 5) is 2.58. The van der Waals surface area contributed by atoms with Crippen molar-refractivity contribution in [2.24, 2.45) is 11.8 Å². The van der Waals surface area contributed by atoms with Gasteiger partial charge in [-0.1, -0.05) is 18.5 Å². The molecular formula is C23H27ClN2O4S. The Balaban J connectivity index is 1.59. The molecule has 3 rings (SSSR count). The molecule has 3 unspecified atom stereocenters. The molecule has 3 atom stereocenters. The van der Waals surface area contributed by atoms with Crippen molar-refractivity contribution in [3.8, 4) is 11.8 Å². The SMILES string of the molecule is CC1CN(CC(CO)c2cc(Cl)cc(C#N)c2)CC1COc1ccc(S(C)(=O)=O)cc1. The lowest BCUT2D eigenvalue weighted by molar-refractivity contribution is 0.205. The van der Waals surface area contributed by atoms with Crippen LogP contribution in [-0.4, -0.2) is 57.5 Å². The molecule has 31 heavy (non-hydrogen) atoms. The number of hydrogen-bond donors (Lipinski definition) is 1. The van der Waals surface area contributed by atoms with Gasteiger partial charge in [-0.3, -0.25) is 0 Å². The Morgan fingerprint density at radius 3 is 2.58 bits per heavy atom. The lowest BCUT2D eigenvalue weighted by atomic mass is 9.97. The third-order valence-corrected chi connectivity index (χ3v) is 7.13. The topological polar surface area (TPSA) is 90.6 Å². The highest BCUT2D eigenvalue weighted by Gasteiger charge is 2.31. The third kappa shape index (κ3) is 6.20. The van der Waals surface area contributed by atoms with Gasteiger partial charge in [0.15, 0.2) is 9.84 Å². The van der Waals surface area contributed by atoms with Crippen molar-refractivity contribution in [3.63, 3.8) is 0 Å². The smallest absolute Gasteiger partial charge is 0.175 e. The number of rotatable bonds is 8. The zero-order valence-corrected chi connectivity index (χ0v) is 19.2. The number of nitrogens with zero attached hydrogens (tertiary/aromatic N) is 2. The Morgan fingerprint density at radius 1 is 1.26 bits per heavy atom. The van der Waals surface area contributed by atoms with Gasteiger partial charge in [-0.2, -0.15) is 5.26 Å². The molecule has 0 radical (unpaired) electrons. The largest absolute Gasteiger partial charge is 0.493 e. The molecule has 0 aromatic heterocycles. The lowest BCUT2D eigenvalue weighted by Crippen LogP contribution is -2.29. The maximum atomic E-state index is 11.6. The Hall–Kier alpha value is -2.11. The van der Waals surface area contributed by atoms with Crippen molar-refractivity contribution >= 4 is 21.4 Å². The normalized spacial score (nSPS) is 20.4. The summed E-state index contributed by atoms with van der Waals surface area (Å²) in [5.74, 6) is 1.27. The molecule has 2 aromatic carbocycles. The fraction of sp³-hybridized carbons (Fsp3) is 0.435. The first-order valence-electron chi connectivity index (χ1n) is 10.2. The molecule has 0 aliphatic carbocycles. The van der Waals surface area contributed by atoms with Crippen LogP contribution in [0.4, 0.5) is 0 Å². The van der Waals surface area contributed by atoms with Crippen molar-refractivity contribution in [3.05, 3.63) is 58.6 Å². The van der Waals surface area contributed by atoms with Crippen LogP contribution in [0, 0.1) is 23.2 Å². The van der Waals surface area contributed by atoms with Gasteiger partial charge in [-0.15, -0.1) is 0 Å². The highest BCUT2D eigenvalue weighted by atomic mass is 35.5. The van der Waals surface area contributed by atoms with Gasteiger partial charge < -0.3 is 14.7 Å². The van der Waals surface area contributed by atoms with Crippen LogP contribution in [0.2, 0.25) is 5.02 Å². The van der Waals surface area contributed by atoms with E-state index in [0.29, 0.717) is 41.3 Å². The average molecular weight is 463 g/mol. The van der Waals surface area contributed by atoms with Gasteiger partial charge in [-0.05, 0) is 53.9 Å². The van der Waals surface area contributed by atoms with Gasteiger partial charge >= 0.3 is 0 Å². The van der Waals surface area contributed by atoms with Crippen molar-refractivity contribution in [2.75, 3.05) is 39.1 Å². The molecule has 1 heterocycles. The van der Waals surface area contributed by atoms with Crippen LogP contribution in [-0.2, 0) is 9.84 Å². The van der Waals surface area contributed by atoms with Gasteiger partial charge in [0.05, 0.1) is 29.7 Å². The van der Waals surface area contributed by atoms with E-state index in [-0.39, 0.29) is 17.4 Å². The molecule has 8 heteroatoms. The highest BCUT2D eigenvalue weighted by molar-refractivity contribution is 7.90. The molecule has 1 aliphatic heterocycles. The zero-order chi connectivity index (χ0) is 22.6. The van der Waals surface area contributed by atoms with E-state index in [4.69, 9.17) is 16.3 Å². The average Bonchev–Trinajstić information content (AvgIpc) is 3.08. The van der Waals surface area contributed by atoms with E-state index in [2.05, 4.69) is 17.9 Å². The second-order valence-electron chi connectivity index (χ2n) is 8.28. The van der Waals surface area contributed by atoms with Crippen molar-refractivity contribution in [2.45, 2.75) is 17.7 Å². The van der Waals surface area contributed by atoms with E-state index < -0.39 is 9.84 Å². The first kappa shape index (κ1) is 23.6. The van der Waals surface area contributed by atoms with Gasteiger partial charge in [0.1, 0.15) is 5.75 Å². The summed E-state index contributed by atoms with van der Waals surface area (Å²) in [6, 6.07) is 13.8. The van der Waals surface area contributed by atoms with E-state index in [1.165, 1.54) is 6.26 Å². The summed E-state index contributed by atoms with van der Waals surface area (Å²) in [5.41, 5.74) is 1.36. The number of ether oxygens (including phenoxy) is 1. The summed E-state index contributed by atoms with van der Waals surface area (Å²) in [6.45, 7) is 5.10. The lowest BCUT2D eigenvalue weighted by Gasteiger charge is -2.23. The van der Waals surface area contributed by atoms with E-state index in [0.717, 1.165) is 18.7 Å². The Morgan fingerprint density at radius 2 is 1.97 bits per heavy atom. The number of sulfone groups is 1. The van der Waals surface area contributed by atoms with Crippen LogP contribution >= 0.6 is 11.6 Å².